The summed E-state index contributed by atoms with van der Waals surface area (Å²) in [5.74, 6) is 0.605. The summed E-state index contributed by atoms with van der Waals surface area (Å²) in [6.07, 6.45) is 0. The van der Waals surface area contributed by atoms with Gasteiger partial charge in [0.05, 0.1) is 0 Å². The van der Waals surface area contributed by atoms with Crippen LogP contribution in [-0.2, 0) is 0 Å². The number of nitrogens with zero attached hydrogens (tertiary/aromatic N) is 1. The highest BCUT2D eigenvalue weighted by Gasteiger charge is 2.01. The first-order chi connectivity index (χ1) is 4.20. The molecule has 9 heavy (non-hydrogen) atoms. The maximum atomic E-state index is 4.10. The van der Waals surface area contributed by atoms with Gasteiger partial charge in [-0.25, -0.2) is 0 Å². The number of aromatic nitrogens is 1. The van der Waals surface area contributed by atoms with Gasteiger partial charge in [-0.1, -0.05) is 13.8 Å². The zero-order valence-corrected chi connectivity index (χ0v) is 7.79. The molecule has 3 heteroatoms. The highest BCUT2D eigenvalue weighted by molar-refractivity contribution is 9.10. The maximum Gasteiger partial charge on any atom is 0.120 e. The van der Waals surface area contributed by atoms with Crippen LogP contribution in [0.15, 0.2) is 10.7 Å². The van der Waals surface area contributed by atoms with E-state index in [1.54, 1.807) is 11.5 Å². The average Bonchev–Trinajstić information content (AvgIpc) is 2.14. The van der Waals surface area contributed by atoms with Crippen LogP contribution < -0.4 is 0 Å². The van der Waals surface area contributed by atoms with Crippen LogP contribution in [0.25, 0.3) is 0 Å². The lowest BCUT2D eigenvalue weighted by molar-refractivity contribution is 0.889. The highest BCUT2D eigenvalue weighted by Crippen LogP contribution is 2.22. The Labute approximate surface area is 67.4 Å². The highest BCUT2D eigenvalue weighted by atomic mass is 79.9. The fourth-order valence-corrected chi connectivity index (χ4v) is 1.77. The number of halogens is 1. The van der Waals surface area contributed by atoms with Crippen molar-refractivity contribution in [2.45, 2.75) is 19.8 Å². The molecular weight excluding hydrogens is 198 g/mol. The van der Waals surface area contributed by atoms with Gasteiger partial charge < -0.3 is 0 Å². The first kappa shape index (κ1) is 7.22. The molecule has 0 aliphatic heterocycles. The molecule has 0 N–H and O–H groups in total. The molecule has 0 fully saturated rings. The van der Waals surface area contributed by atoms with Crippen molar-refractivity contribution in [3.05, 3.63) is 15.5 Å². The van der Waals surface area contributed by atoms with Crippen molar-refractivity contribution in [3.63, 3.8) is 0 Å². The molecule has 0 aromatic carbocycles. The quantitative estimate of drug-likeness (QED) is 0.688. The van der Waals surface area contributed by atoms with Crippen LogP contribution in [0.2, 0.25) is 0 Å². The van der Waals surface area contributed by atoms with Crippen molar-refractivity contribution in [2.75, 3.05) is 0 Å². The normalized spacial score (nSPS) is 10.7. The van der Waals surface area contributed by atoms with Crippen molar-refractivity contribution in [2.24, 2.45) is 0 Å². The van der Waals surface area contributed by atoms with Gasteiger partial charge in [-0.05, 0) is 39.4 Å². The lowest BCUT2D eigenvalue weighted by Crippen LogP contribution is -1.77. The van der Waals surface area contributed by atoms with Gasteiger partial charge in [0, 0.05) is 4.88 Å². The van der Waals surface area contributed by atoms with E-state index in [2.05, 4.69) is 40.2 Å². The Bertz CT molecular complexity index is 195. The molecule has 1 heterocycles. The molecule has 0 saturated carbocycles. The molecule has 1 rings (SSSR count). The van der Waals surface area contributed by atoms with Gasteiger partial charge in [-0.2, -0.15) is 4.37 Å². The molecule has 0 spiro atoms. The van der Waals surface area contributed by atoms with E-state index in [0.29, 0.717) is 5.92 Å². The second kappa shape index (κ2) is 2.80. The van der Waals surface area contributed by atoms with E-state index in [0.717, 1.165) is 4.60 Å². The zero-order chi connectivity index (χ0) is 6.85. The van der Waals surface area contributed by atoms with Gasteiger partial charge in [0.2, 0.25) is 0 Å². The fraction of sp³-hybridized carbons (Fsp3) is 0.500. The molecule has 0 atom stereocenters. The Kier molecular flexibility index (Phi) is 2.24. The predicted octanol–water partition coefficient (Wildman–Crippen LogP) is 3.03. The Morgan fingerprint density at radius 2 is 2.33 bits per heavy atom. The Morgan fingerprint density at radius 3 is 2.56 bits per heavy atom. The lowest BCUT2D eigenvalue weighted by Gasteiger charge is -1.94. The van der Waals surface area contributed by atoms with Gasteiger partial charge in [0.15, 0.2) is 0 Å². The van der Waals surface area contributed by atoms with Crippen molar-refractivity contribution in [3.8, 4) is 0 Å². The van der Waals surface area contributed by atoms with Gasteiger partial charge >= 0.3 is 0 Å². The molecule has 0 saturated heterocycles. The summed E-state index contributed by atoms with van der Waals surface area (Å²) >= 11 is 4.86. The zero-order valence-electron chi connectivity index (χ0n) is 5.39. The van der Waals surface area contributed by atoms with Crippen LogP contribution in [-0.4, -0.2) is 4.37 Å². The predicted molar refractivity (Wildman–Crippen MR) is 43.9 cm³/mol. The topological polar surface area (TPSA) is 12.9 Å². The largest absolute Gasteiger partial charge is 0.185 e. The molecule has 1 aromatic rings. The molecule has 0 amide bonds. The first-order valence-electron chi connectivity index (χ1n) is 2.82. The molecule has 0 radical (unpaired) electrons. The van der Waals surface area contributed by atoms with E-state index in [4.69, 9.17) is 0 Å². The van der Waals surface area contributed by atoms with Crippen LogP contribution in [0, 0.1) is 0 Å². The molecule has 50 valence electrons. The van der Waals surface area contributed by atoms with E-state index in [9.17, 15) is 0 Å². The Morgan fingerprint density at radius 1 is 1.67 bits per heavy atom. The van der Waals surface area contributed by atoms with Crippen molar-refractivity contribution in [1.29, 1.82) is 0 Å². The summed E-state index contributed by atoms with van der Waals surface area (Å²) in [7, 11) is 0. The summed E-state index contributed by atoms with van der Waals surface area (Å²) in [6.45, 7) is 4.33. The summed E-state index contributed by atoms with van der Waals surface area (Å²) in [5.41, 5.74) is 0. The Hall–Kier alpha value is 0.110. The molecule has 1 nitrogen and oxygen atoms in total. The van der Waals surface area contributed by atoms with Gasteiger partial charge in [0.1, 0.15) is 4.60 Å². The van der Waals surface area contributed by atoms with E-state index >= 15 is 0 Å². The smallest absolute Gasteiger partial charge is 0.120 e. The van der Waals surface area contributed by atoms with E-state index in [1.807, 2.05) is 0 Å². The molecule has 0 unspecified atom stereocenters. The summed E-state index contributed by atoms with van der Waals surface area (Å²) in [6, 6.07) is 2.06. The molecule has 0 aliphatic carbocycles. The monoisotopic (exact) mass is 205 g/mol. The summed E-state index contributed by atoms with van der Waals surface area (Å²) in [5, 5.41) is 0. The molecule has 1 aromatic heterocycles. The van der Waals surface area contributed by atoms with Crippen molar-refractivity contribution < 1.29 is 0 Å². The minimum absolute atomic E-state index is 0.605. The molecular formula is C6H8BrNS. The summed E-state index contributed by atoms with van der Waals surface area (Å²) < 4.78 is 5.05. The SMILES string of the molecule is CC(C)c1cc(Br)ns1. The number of hydrogen-bond acceptors (Lipinski definition) is 2. The van der Waals surface area contributed by atoms with E-state index in [-0.39, 0.29) is 0 Å². The summed E-state index contributed by atoms with van der Waals surface area (Å²) in [4.78, 5) is 1.34. The third-order valence-corrected chi connectivity index (χ3v) is 2.80. The first-order valence-corrected chi connectivity index (χ1v) is 4.39. The Balaban J connectivity index is 2.85. The fourth-order valence-electron chi connectivity index (χ4n) is 0.538. The van der Waals surface area contributed by atoms with Crippen molar-refractivity contribution in [1.82, 2.24) is 4.37 Å². The second-order valence-corrected chi connectivity index (χ2v) is 3.86. The average molecular weight is 206 g/mol. The van der Waals surface area contributed by atoms with Crippen molar-refractivity contribution >= 4 is 27.5 Å². The van der Waals surface area contributed by atoms with Gasteiger partial charge in [-0.15, -0.1) is 0 Å². The van der Waals surface area contributed by atoms with Crippen LogP contribution in [0.4, 0.5) is 0 Å². The molecule has 0 aliphatic rings. The number of hydrogen-bond donors (Lipinski definition) is 0. The van der Waals surface area contributed by atoms with Gasteiger partial charge in [0.25, 0.3) is 0 Å². The van der Waals surface area contributed by atoms with E-state index < -0.39 is 0 Å². The van der Waals surface area contributed by atoms with Gasteiger partial charge in [-0.3, -0.25) is 0 Å². The third-order valence-electron chi connectivity index (χ3n) is 1.07. The lowest BCUT2D eigenvalue weighted by atomic mass is 10.2. The molecule has 0 bridgehead atoms. The minimum Gasteiger partial charge on any atom is -0.185 e. The van der Waals surface area contributed by atoms with E-state index in [1.165, 1.54) is 4.88 Å². The third kappa shape index (κ3) is 1.76. The van der Waals surface area contributed by atoms with Crippen LogP contribution in [0.5, 0.6) is 0 Å². The second-order valence-electron chi connectivity index (χ2n) is 2.21. The van der Waals surface area contributed by atoms with Crippen LogP contribution in [0.1, 0.15) is 24.6 Å². The van der Waals surface area contributed by atoms with Crippen LogP contribution in [0.3, 0.4) is 0 Å². The van der Waals surface area contributed by atoms with Crippen LogP contribution >= 0.6 is 27.5 Å². The standard InChI is InChI=1S/C6H8BrNS/c1-4(2)5-3-6(7)8-9-5/h3-4H,1-2H3. The number of rotatable bonds is 1. The maximum absolute atomic E-state index is 4.10. The minimum atomic E-state index is 0.605.